The minimum atomic E-state index is -0.878. The summed E-state index contributed by atoms with van der Waals surface area (Å²) in [5.41, 5.74) is 0.686. The van der Waals surface area contributed by atoms with Crippen LogP contribution in [-0.4, -0.2) is 22.0 Å². The molecule has 1 aliphatic carbocycles. The molecule has 110 valence electrons. The van der Waals surface area contributed by atoms with Crippen molar-refractivity contribution in [1.82, 2.24) is 4.98 Å². The lowest BCUT2D eigenvalue weighted by Gasteiger charge is -2.20. The van der Waals surface area contributed by atoms with E-state index in [2.05, 4.69) is 10.3 Å². The van der Waals surface area contributed by atoms with Gasteiger partial charge in [-0.15, -0.1) is 11.3 Å². The first-order chi connectivity index (χ1) is 9.54. The molecule has 0 bridgehead atoms. The Morgan fingerprint density at radius 1 is 1.35 bits per heavy atom. The van der Waals surface area contributed by atoms with E-state index < -0.39 is 5.97 Å². The number of nitrogens with zero attached hydrogens (tertiary/aromatic N) is 1. The summed E-state index contributed by atoms with van der Waals surface area (Å²) in [6.45, 7) is 1.77. The summed E-state index contributed by atoms with van der Waals surface area (Å²) >= 11 is 1.25. The molecule has 1 heterocycles. The number of aryl methyl sites for hydroxylation is 1. The lowest BCUT2D eigenvalue weighted by atomic mass is 9.87. The van der Waals surface area contributed by atoms with Gasteiger partial charge in [-0.2, -0.15) is 0 Å². The van der Waals surface area contributed by atoms with Gasteiger partial charge in [-0.1, -0.05) is 19.3 Å². The van der Waals surface area contributed by atoms with Crippen molar-refractivity contribution in [1.29, 1.82) is 0 Å². The van der Waals surface area contributed by atoms with Crippen LogP contribution in [-0.2, 0) is 16.0 Å². The van der Waals surface area contributed by atoms with Crippen LogP contribution in [0, 0.1) is 12.8 Å². The van der Waals surface area contributed by atoms with E-state index >= 15 is 0 Å². The van der Waals surface area contributed by atoms with E-state index in [0.29, 0.717) is 28.0 Å². The molecule has 1 aromatic heterocycles. The van der Waals surface area contributed by atoms with Crippen molar-refractivity contribution in [3.05, 3.63) is 10.6 Å². The Morgan fingerprint density at radius 2 is 2.05 bits per heavy atom. The fourth-order valence-electron chi connectivity index (χ4n) is 2.61. The van der Waals surface area contributed by atoms with E-state index in [-0.39, 0.29) is 12.3 Å². The summed E-state index contributed by atoms with van der Waals surface area (Å²) in [5.74, 6) is -0.396. The van der Waals surface area contributed by atoms with Crippen molar-refractivity contribution in [2.75, 3.05) is 5.32 Å². The molecule has 1 saturated carbocycles. The molecule has 0 unspecified atom stereocenters. The predicted molar refractivity (Wildman–Crippen MR) is 78.0 cm³/mol. The normalized spacial score (nSPS) is 16.1. The summed E-state index contributed by atoms with van der Waals surface area (Å²) in [6.07, 6.45) is 6.49. The maximum atomic E-state index is 12.0. The van der Waals surface area contributed by atoms with Gasteiger partial charge in [0.25, 0.3) is 0 Å². The maximum Gasteiger partial charge on any atom is 0.308 e. The first-order valence-electron chi connectivity index (χ1n) is 7.02. The lowest BCUT2D eigenvalue weighted by Crippen LogP contribution is -2.18. The van der Waals surface area contributed by atoms with E-state index in [9.17, 15) is 9.59 Å². The zero-order valence-corrected chi connectivity index (χ0v) is 12.5. The number of anilines is 1. The standard InChI is InChI=1S/C14H20N2O3S/c1-9-11(8-13(18)19)20-14(15-9)16-12(17)7-10-5-3-2-4-6-10/h10H,2-8H2,1H3,(H,18,19)(H,15,16,17). The van der Waals surface area contributed by atoms with Crippen LogP contribution in [0.1, 0.15) is 49.1 Å². The molecule has 2 rings (SSSR count). The second kappa shape index (κ2) is 6.83. The number of carbonyl (C=O) groups is 2. The van der Waals surface area contributed by atoms with Gasteiger partial charge in [0.1, 0.15) is 0 Å². The molecular weight excluding hydrogens is 276 g/mol. The number of rotatable bonds is 5. The first kappa shape index (κ1) is 15.0. The highest BCUT2D eigenvalue weighted by Gasteiger charge is 2.18. The van der Waals surface area contributed by atoms with Crippen molar-refractivity contribution >= 4 is 28.3 Å². The molecule has 5 nitrogen and oxygen atoms in total. The lowest BCUT2D eigenvalue weighted by molar-refractivity contribution is -0.136. The summed E-state index contributed by atoms with van der Waals surface area (Å²) in [6, 6.07) is 0. The van der Waals surface area contributed by atoms with Gasteiger partial charge in [-0.05, 0) is 25.7 Å². The van der Waals surface area contributed by atoms with E-state index in [4.69, 9.17) is 5.11 Å². The molecule has 1 aromatic rings. The minimum absolute atomic E-state index is 0.00692. The summed E-state index contributed by atoms with van der Waals surface area (Å²) in [5, 5.41) is 12.1. The Morgan fingerprint density at radius 3 is 2.70 bits per heavy atom. The fourth-order valence-corrected chi connectivity index (χ4v) is 3.58. The quantitative estimate of drug-likeness (QED) is 0.875. The smallest absolute Gasteiger partial charge is 0.308 e. The van der Waals surface area contributed by atoms with Gasteiger partial charge in [-0.3, -0.25) is 9.59 Å². The molecule has 0 radical (unpaired) electrons. The van der Waals surface area contributed by atoms with Crippen LogP contribution in [0.4, 0.5) is 5.13 Å². The number of amides is 1. The number of carbonyl (C=O) groups excluding carboxylic acids is 1. The van der Waals surface area contributed by atoms with Gasteiger partial charge < -0.3 is 10.4 Å². The van der Waals surface area contributed by atoms with Crippen LogP contribution in [0.3, 0.4) is 0 Å². The van der Waals surface area contributed by atoms with Crippen LogP contribution in [0.2, 0.25) is 0 Å². The van der Waals surface area contributed by atoms with E-state index in [1.807, 2.05) is 0 Å². The predicted octanol–water partition coefficient (Wildman–Crippen LogP) is 2.99. The largest absolute Gasteiger partial charge is 0.481 e. The Balaban J connectivity index is 1.88. The SMILES string of the molecule is Cc1nc(NC(=O)CC2CCCCC2)sc1CC(=O)O. The Kier molecular flexibility index (Phi) is 5.11. The molecule has 20 heavy (non-hydrogen) atoms. The highest BCUT2D eigenvalue weighted by Crippen LogP contribution is 2.27. The summed E-state index contributed by atoms with van der Waals surface area (Å²) in [7, 11) is 0. The van der Waals surface area contributed by atoms with Crippen molar-refractivity contribution in [2.45, 2.75) is 51.9 Å². The molecule has 0 saturated heterocycles. The molecular formula is C14H20N2O3S. The van der Waals surface area contributed by atoms with Crippen molar-refractivity contribution in [3.8, 4) is 0 Å². The molecule has 1 amide bonds. The molecule has 0 aliphatic heterocycles. The minimum Gasteiger partial charge on any atom is -0.481 e. The molecule has 6 heteroatoms. The highest BCUT2D eigenvalue weighted by molar-refractivity contribution is 7.16. The van der Waals surface area contributed by atoms with Crippen molar-refractivity contribution in [3.63, 3.8) is 0 Å². The molecule has 1 aliphatic rings. The van der Waals surface area contributed by atoms with E-state index in [1.54, 1.807) is 6.92 Å². The van der Waals surface area contributed by atoms with Crippen molar-refractivity contribution < 1.29 is 14.7 Å². The molecule has 1 fully saturated rings. The van der Waals surface area contributed by atoms with Gasteiger partial charge in [0.05, 0.1) is 12.1 Å². The number of hydrogen-bond donors (Lipinski definition) is 2. The molecule has 2 N–H and O–H groups in total. The van der Waals surface area contributed by atoms with Crippen LogP contribution in [0.25, 0.3) is 0 Å². The number of nitrogens with one attached hydrogen (secondary N) is 1. The third kappa shape index (κ3) is 4.30. The van der Waals surface area contributed by atoms with Crippen LogP contribution >= 0.6 is 11.3 Å². The van der Waals surface area contributed by atoms with Crippen LogP contribution in [0.5, 0.6) is 0 Å². The van der Waals surface area contributed by atoms with Gasteiger partial charge in [0.15, 0.2) is 5.13 Å². The highest BCUT2D eigenvalue weighted by atomic mass is 32.1. The molecule has 0 spiro atoms. The maximum absolute atomic E-state index is 12.0. The number of aliphatic carboxylic acids is 1. The second-order valence-electron chi connectivity index (χ2n) is 5.35. The van der Waals surface area contributed by atoms with E-state index in [1.165, 1.54) is 30.6 Å². The Hall–Kier alpha value is -1.43. The summed E-state index contributed by atoms with van der Waals surface area (Å²) < 4.78 is 0. The monoisotopic (exact) mass is 296 g/mol. The number of hydrogen-bond acceptors (Lipinski definition) is 4. The van der Waals surface area contributed by atoms with Crippen molar-refractivity contribution in [2.24, 2.45) is 5.92 Å². The summed E-state index contributed by atoms with van der Waals surface area (Å²) in [4.78, 5) is 27.6. The third-order valence-corrected chi connectivity index (χ3v) is 4.72. The number of carboxylic acid groups (broad SMARTS) is 1. The zero-order valence-electron chi connectivity index (χ0n) is 11.6. The van der Waals surface area contributed by atoms with Gasteiger partial charge in [0.2, 0.25) is 5.91 Å². The Labute approximate surface area is 122 Å². The first-order valence-corrected chi connectivity index (χ1v) is 7.84. The topological polar surface area (TPSA) is 79.3 Å². The van der Waals surface area contributed by atoms with E-state index in [0.717, 1.165) is 12.8 Å². The number of thiazole rings is 1. The van der Waals surface area contributed by atoms with Crippen LogP contribution < -0.4 is 5.32 Å². The fraction of sp³-hybridized carbons (Fsp3) is 0.643. The van der Waals surface area contributed by atoms with Gasteiger partial charge >= 0.3 is 5.97 Å². The molecule has 0 aromatic carbocycles. The Bertz CT molecular complexity index is 493. The second-order valence-corrected chi connectivity index (χ2v) is 6.44. The average molecular weight is 296 g/mol. The van der Waals surface area contributed by atoms with Gasteiger partial charge in [-0.25, -0.2) is 4.98 Å². The molecule has 0 atom stereocenters. The average Bonchev–Trinajstić information content (AvgIpc) is 2.69. The number of carboxylic acids is 1. The van der Waals surface area contributed by atoms with Gasteiger partial charge in [0, 0.05) is 11.3 Å². The number of aromatic nitrogens is 1. The third-order valence-electron chi connectivity index (χ3n) is 3.65. The zero-order chi connectivity index (χ0) is 14.5. The van der Waals surface area contributed by atoms with Crippen LogP contribution in [0.15, 0.2) is 0 Å².